The zero-order chi connectivity index (χ0) is 19.5. The fraction of sp³-hybridized carbons (Fsp3) is 0.450. The zero-order valence-electron chi connectivity index (χ0n) is 16.0. The van der Waals surface area contributed by atoms with Crippen LogP contribution in [-0.2, 0) is 11.2 Å². The van der Waals surface area contributed by atoms with Crippen LogP contribution in [0.25, 0.3) is 10.9 Å². The lowest BCUT2D eigenvalue weighted by Crippen LogP contribution is -2.49. The van der Waals surface area contributed by atoms with Crippen molar-refractivity contribution in [3.05, 3.63) is 47.9 Å². The topological polar surface area (TPSA) is 99.1 Å². The first-order chi connectivity index (χ1) is 13.7. The van der Waals surface area contributed by atoms with Crippen LogP contribution in [0.1, 0.15) is 30.1 Å². The number of fused-ring (bicyclic) bond motifs is 1. The van der Waals surface area contributed by atoms with E-state index in [4.69, 9.17) is 0 Å². The third kappa shape index (κ3) is 3.65. The molecular weight excluding hydrogens is 356 g/mol. The Balaban J connectivity index is 1.66. The Hall–Kier alpha value is -2.71. The minimum Gasteiger partial charge on any atom is -0.396 e. The van der Waals surface area contributed by atoms with Gasteiger partial charge in [-0.3, -0.25) is 4.79 Å². The molecule has 1 amide bonds. The normalized spacial score (nSPS) is 17.0. The lowest BCUT2D eigenvalue weighted by Gasteiger charge is -2.30. The van der Waals surface area contributed by atoms with E-state index in [1.807, 2.05) is 36.2 Å². The molecule has 1 saturated heterocycles. The molecule has 3 heterocycles. The van der Waals surface area contributed by atoms with Gasteiger partial charge in [-0.2, -0.15) is 0 Å². The van der Waals surface area contributed by atoms with E-state index in [0.717, 1.165) is 29.6 Å². The van der Waals surface area contributed by atoms with Crippen molar-refractivity contribution in [3.8, 4) is 0 Å². The summed E-state index contributed by atoms with van der Waals surface area (Å²) in [6, 6.07) is 7.62. The summed E-state index contributed by atoms with van der Waals surface area (Å²) in [5.41, 5.74) is 2.83. The molecule has 2 aromatic heterocycles. The number of hydrogen-bond donors (Lipinski definition) is 3. The van der Waals surface area contributed by atoms with Gasteiger partial charge in [-0.15, -0.1) is 5.10 Å². The van der Waals surface area contributed by atoms with Crippen molar-refractivity contribution in [2.75, 3.05) is 32.8 Å². The zero-order valence-corrected chi connectivity index (χ0v) is 16.0. The number of piperazine rings is 1. The van der Waals surface area contributed by atoms with E-state index in [-0.39, 0.29) is 18.4 Å². The number of aliphatic hydroxyl groups is 1. The number of para-hydroxylation sites is 1. The van der Waals surface area contributed by atoms with Gasteiger partial charge < -0.3 is 20.3 Å². The highest BCUT2D eigenvalue weighted by Crippen LogP contribution is 2.25. The van der Waals surface area contributed by atoms with Crippen molar-refractivity contribution in [2.45, 2.75) is 25.3 Å². The molecule has 148 valence electrons. The molecule has 0 unspecified atom stereocenters. The molecule has 0 radical (unpaired) electrons. The van der Waals surface area contributed by atoms with Crippen LogP contribution in [-0.4, -0.2) is 68.7 Å². The molecule has 0 saturated carbocycles. The maximum Gasteiger partial charge on any atom is 0.247 e. The first-order valence-corrected chi connectivity index (χ1v) is 9.74. The minimum atomic E-state index is -0.468. The summed E-state index contributed by atoms with van der Waals surface area (Å²) in [5.74, 6) is -0.0586. The van der Waals surface area contributed by atoms with Gasteiger partial charge in [0.25, 0.3) is 0 Å². The van der Waals surface area contributed by atoms with Crippen molar-refractivity contribution < 1.29 is 9.90 Å². The Morgan fingerprint density at radius 2 is 2.07 bits per heavy atom. The molecule has 1 aliphatic heterocycles. The van der Waals surface area contributed by atoms with Gasteiger partial charge in [0.1, 0.15) is 6.04 Å². The summed E-state index contributed by atoms with van der Waals surface area (Å²) in [6.45, 7) is 4.87. The van der Waals surface area contributed by atoms with Gasteiger partial charge in [-0.1, -0.05) is 30.3 Å². The highest BCUT2D eigenvalue weighted by atomic mass is 16.3. The van der Waals surface area contributed by atoms with Gasteiger partial charge in [0, 0.05) is 61.8 Å². The number of rotatable bonds is 6. The predicted octanol–water partition coefficient (Wildman–Crippen LogP) is 1.07. The van der Waals surface area contributed by atoms with Crippen LogP contribution >= 0.6 is 0 Å². The van der Waals surface area contributed by atoms with Crippen LogP contribution in [0.2, 0.25) is 0 Å². The van der Waals surface area contributed by atoms with Crippen molar-refractivity contribution >= 4 is 16.8 Å². The quantitative estimate of drug-likeness (QED) is 0.592. The van der Waals surface area contributed by atoms with E-state index in [9.17, 15) is 9.90 Å². The molecule has 3 aromatic rings. The molecule has 0 spiro atoms. The second-order valence-corrected chi connectivity index (χ2v) is 7.36. The van der Waals surface area contributed by atoms with Crippen LogP contribution in [0.4, 0.5) is 0 Å². The maximum absolute atomic E-state index is 13.4. The Kier molecular flexibility index (Phi) is 5.40. The average Bonchev–Trinajstić information content (AvgIpc) is 3.39. The van der Waals surface area contributed by atoms with E-state index in [1.54, 1.807) is 10.9 Å². The van der Waals surface area contributed by atoms with E-state index in [2.05, 4.69) is 26.7 Å². The highest BCUT2D eigenvalue weighted by Gasteiger charge is 2.29. The van der Waals surface area contributed by atoms with Crippen LogP contribution in [0.3, 0.4) is 0 Å². The van der Waals surface area contributed by atoms with Gasteiger partial charge in [0.15, 0.2) is 0 Å². The monoisotopic (exact) mass is 382 g/mol. The van der Waals surface area contributed by atoms with Crippen molar-refractivity contribution in [1.82, 2.24) is 30.2 Å². The van der Waals surface area contributed by atoms with Gasteiger partial charge in [0.05, 0.1) is 12.3 Å². The van der Waals surface area contributed by atoms with Gasteiger partial charge in [-0.25, -0.2) is 4.68 Å². The number of amides is 1. The van der Waals surface area contributed by atoms with Crippen LogP contribution in [0.15, 0.2) is 36.7 Å². The van der Waals surface area contributed by atoms with E-state index < -0.39 is 6.04 Å². The number of carbonyl (C=O) groups is 1. The van der Waals surface area contributed by atoms with Crippen molar-refractivity contribution in [1.29, 1.82) is 0 Å². The van der Waals surface area contributed by atoms with Crippen LogP contribution in [0.5, 0.6) is 0 Å². The number of aliphatic hydroxyl groups excluding tert-OH is 1. The fourth-order valence-corrected chi connectivity index (χ4v) is 3.66. The SMILES string of the molecule is C[C@@H](CO)c1cn([C@@H](Cc2c[nH]c3ccccc23)C(=O)N2CCNCC2)nn1. The Labute approximate surface area is 163 Å². The van der Waals surface area contributed by atoms with Crippen molar-refractivity contribution in [2.24, 2.45) is 0 Å². The van der Waals surface area contributed by atoms with Crippen LogP contribution < -0.4 is 5.32 Å². The standard InChI is InChI=1S/C20H26N6O2/c1-14(13-27)18-12-26(24-23-18)19(20(28)25-8-6-21-7-9-25)10-15-11-22-17-5-3-2-4-16(15)17/h2-5,11-12,14,19,21-22,27H,6-10,13H2,1H3/t14-,19-/m0/s1. The summed E-state index contributed by atoms with van der Waals surface area (Å²) in [5, 5.41) is 22.2. The third-order valence-corrected chi connectivity index (χ3v) is 5.43. The molecule has 0 aliphatic carbocycles. The number of H-pyrrole nitrogens is 1. The molecule has 8 heteroatoms. The Bertz CT molecular complexity index is 943. The molecule has 0 bridgehead atoms. The number of benzene rings is 1. The van der Waals surface area contributed by atoms with Gasteiger partial charge in [0.2, 0.25) is 5.91 Å². The van der Waals surface area contributed by atoms with E-state index in [1.165, 1.54) is 0 Å². The number of nitrogens with one attached hydrogen (secondary N) is 2. The van der Waals surface area contributed by atoms with Crippen LogP contribution in [0, 0.1) is 0 Å². The Morgan fingerprint density at radius 3 is 2.86 bits per heavy atom. The largest absolute Gasteiger partial charge is 0.396 e. The number of carbonyl (C=O) groups excluding carboxylic acids is 1. The molecule has 28 heavy (non-hydrogen) atoms. The number of aromatic nitrogens is 4. The Morgan fingerprint density at radius 1 is 1.29 bits per heavy atom. The number of hydrogen-bond acceptors (Lipinski definition) is 5. The van der Waals surface area contributed by atoms with Crippen molar-refractivity contribution in [3.63, 3.8) is 0 Å². The van der Waals surface area contributed by atoms with Gasteiger partial charge >= 0.3 is 0 Å². The smallest absolute Gasteiger partial charge is 0.247 e. The fourth-order valence-electron chi connectivity index (χ4n) is 3.66. The second kappa shape index (κ2) is 8.12. The highest BCUT2D eigenvalue weighted by molar-refractivity contribution is 5.85. The first kappa shape index (κ1) is 18.6. The molecule has 2 atom stereocenters. The third-order valence-electron chi connectivity index (χ3n) is 5.43. The molecule has 4 rings (SSSR count). The van der Waals surface area contributed by atoms with E-state index >= 15 is 0 Å². The molecule has 1 aromatic carbocycles. The van der Waals surface area contributed by atoms with Gasteiger partial charge in [-0.05, 0) is 11.6 Å². The summed E-state index contributed by atoms with van der Waals surface area (Å²) < 4.78 is 1.66. The average molecular weight is 382 g/mol. The maximum atomic E-state index is 13.4. The molecule has 3 N–H and O–H groups in total. The number of aromatic amines is 1. The lowest BCUT2D eigenvalue weighted by atomic mass is 10.0. The number of nitrogens with zero attached hydrogens (tertiary/aromatic N) is 4. The summed E-state index contributed by atoms with van der Waals surface area (Å²) >= 11 is 0. The molecule has 1 fully saturated rings. The summed E-state index contributed by atoms with van der Waals surface area (Å²) in [4.78, 5) is 18.5. The summed E-state index contributed by atoms with van der Waals surface area (Å²) in [7, 11) is 0. The molecule has 8 nitrogen and oxygen atoms in total. The molecule has 1 aliphatic rings. The lowest BCUT2D eigenvalue weighted by molar-refractivity contribution is -0.135. The molecular formula is C20H26N6O2. The first-order valence-electron chi connectivity index (χ1n) is 9.74. The summed E-state index contributed by atoms with van der Waals surface area (Å²) in [6.07, 6.45) is 4.29. The minimum absolute atomic E-state index is 0.00243. The predicted molar refractivity (Wildman–Crippen MR) is 106 cm³/mol. The van der Waals surface area contributed by atoms with E-state index in [0.29, 0.717) is 25.2 Å². The second-order valence-electron chi connectivity index (χ2n) is 7.36.